The molecule has 1 unspecified atom stereocenters. The highest BCUT2D eigenvalue weighted by Crippen LogP contribution is 2.14. The van der Waals surface area contributed by atoms with E-state index in [1.807, 2.05) is 6.92 Å². The van der Waals surface area contributed by atoms with E-state index < -0.39 is 10.0 Å². The van der Waals surface area contributed by atoms with E-state index in [9.17, 15) is 8.42 Å². The van der Waals surface area contributed by atoms with Gasteiger partial charge in [0.2, 0.25) is 10.0 Å². The van der Waals surface area contributed by atoms with Crippen LogP contribution in [0.15, 0.2) is 35.9 Å². The normalized spacial score (nSPS) is 13.4. The second-order valence-corrected chi connectivity index (χ2v) is 5.99. The average Bonchev–Trinajstić information content (AvgIpc) is 2.29. The molecule has 1 rings (SSSR count). The Balaban J connectivity index is 2.93. The predicted molar refractivity (Wildman–Crippen MR) is 68.4 cm³/mol. The number of sulfonamides is 1. The number of aromatic nitrogens is 1. The third-order valence-electron chi connectivity index (χ3n) is 2.24. The standard InChI is InChI=1S/C11H17N3O2S/c1-5-9(2)13-11-7-6-10(8-12-11)17(15,16)14(3)4/h5-9H,1H2,2-4H3,(H,12,13). The predicted octanol–water partition coefficient (Wildman–Crippen LogP) is 1.32. The molecular weight excluding hydrogens is 238 g/mol. The van der Waals surface area contributed by atoms with Crippen molar-refractivity contribution in [2.75, 3.05) is 19.4 Å². The molecule has 0 aliphatic heterocycles. The zero-order valence-electron chi connectivity index (χ0n) is 10.2. The lowest BCUT2D eigenvalue weighted by Gasteiger charge is -2.13. The molecule has 0 spiro atoms. The van der Waals surface area contributed by atoms with Crippen molar-refractivity contribution in [1.82, 2.24) is 9.29 Å². The van der Waals surface area contributed by atoms with Gasteiger partial charge in [-0.05, 0) is 19.1 Å². The Hall–Kier alpha value is -1.40. The second kappa shape index (κ2) is 5.29. The van der Waals surface area contributed by atoms with E-state index in [0.29, 0.717) is 5.82 Å². The van der Waals surface area contributed by atoms with E-state index in [4.69, 9.17) is 0 Å². The largest absolute Gasteiger partial charge is 0.364 e. The monoisotopic (exact) mass is 255 g/mol. The quantitative estimate of drug-likeness (QED) is 0.806. The maximum absolute atomic E-state index is 11.8. The molecular formula is C11H17N3O2S. The Kier molecular flexibility index (Phi) is 4.25. The molecule has 0 saturated carbocycles. The number of hydrogen-bond acceptors (Lipinski definition) is 4. The van der Waals surface area contributed by atoms with Crippen molar-refractivity contribution in [2.45, 2.75) is 17.9 Å². The van der Waals surface area contributed by atoms with Gasteiger partial charge in [0.15, 0.2) is 0 Å². The van der Waals surface area contributed by atoms with Crippen molar-refractivity contribution in [3.63, 3.8) is 0 Å². The van der Waals surface area contributed by atoms with Crippen LogP contribution >= 0.6 is 0 Å². The Bertz CT molecular complexity index is 480. The summed E-state index contributed by atoms with van der Waals surface area (Å²) in [5, 5.41) is 3.06. The van der Waals surface area contributed by atoms with Crippen molar-refractivity contribution in [2.24, 2.45) is 0 Å². The molecule has 0 aliphatic rings. The molecule has 0 saturated heterocycles. The smallest absolute Gasteiger partial charge is 0.244 e. The van der Waals surface area contributed by atoms with Crippen molar-refractivity contribution < 1.29 is 8.42 Å². The van der Waals surface area contributed by atoms with E-state index in [0.717, 1.165) is 4.31 Å². The first-order valence-electron chi connectivity index (χ1n) is 5.15. The summed E-state index contributed by atoms with van der Waals surface area (Å²) in [4.78, 5) is 4.23. The fourth-order valence-corrected chi connectivity index (χ4v) is 1.97. The van der Waals surface area contributed by atoms with Crippen LogP contribution in [0.4, 0.5) is 5.82 Å². The highest BCUT2D eigenvalue weighted by Gasteiger charge is 2.17. The Labute approximate surface area is 102 Å². The Morgan fingerprint density at radius 3 is 2.53 bits per heavy atom. The van der Waals surface area contributed by atoms with Crippen molar-refractivity contribution in [1.29, 1.82) is 0 Å². The minimum atomic E-state index is -3.40. The van der Waals surface area contributed by atoms with Crippen LogP contribution in [-0.2, 0) is 10.0 Å². The lowest BCUT2D eigenvalue weighted by molar-refractivity contribution is 0.520. The van der Waals surface area contributed by atoms with Gasteiger partial charge in [0.1, 0.15) is 10.7 Å². The van der Waals surface area contributed by atoms with Crippen LogP contribution in [0.5, 0.6) is 0 Å². The van der Waals surface area contributed by atoms with Crippen LogP contribution in [0.25, 0.3) is 0 Å². The van der Waals surface area contributed by atoms with Crippen LogP contribution < -0.4 is 5.32 Å². The average molecular weight is 255 g/mol. The van der Waals surface area contributed by atoms with Gasteiger partial charge in [-0.15, -0.1) is 6.58 Å². The third kappa shape index (κ3) is 3.28. The van der Waals surface area contributed by atoms with Crippen molar-refractivity contribution >= 4 is 15.8 Å². The van der Waals surface area contributed by atoms with Gasteiger partial charge in [-0.3, -0.25) is 0 Å². The fourth-order valence-electron chi connectivity index (χ4n) is 1.12. The summed E-state index contributed by atoms with van der Waals surface area (Å²) in [7, 11) is -0.430. The SMILES string of the molecule is C=CC(C)Nc1ccc(S(=O)(=O)N(C)C)cn1. The topological polar surface area (TPSA) is 62.3 Å². The fraction of sp³-hybridized carbons (Fsp3) is 0.364. The highest BCUT2D eigenvalue weighted by molar-refractivity contribution is 7.89. The molecule has 0 aliphatic carbocycles. The van der Waals surface area contributed by atoms with Crippen LogP contribution in [-0.4, -0.2) is 37.8 Å². The molecule has 6 heteroatoms. The molecule has 94 valence electrons. The minimum Gasteiger partial charge on any atom is -0.364 e. The summed E-state index contributed by atoms with van der Waals surface area (Å²) in [6, 6.07) is 3.25. The zero-order chi connectivity index (χ0) is 13.1. The van der Waals surface area contributed by atoms with Crippen LogP contribution in [0.2, 0.25) is 0 Å². The first-order valence-corrected chi connectivity index (χ1v) is 6.59. The Morgan fingerprint density at radius 2 is 2.12 bits per heavy atom. The summed E-state index contributed by atoms with van der Waals surface area (Å²) < 4.78 is 24.7. The van der Waals surface area contributed by atoms with Gasteiger partial charge in [-0.1, -0.05) is 6.08 Å². The van der Waals surface area contributed by atoms with Crippen LogP contribution in [0, 0.1) is 0 Å². The van der Waals surface area contributed by atoms with Gasteiger partial charge in [-0.25, -0.2) is 17.7 Å². The maximum Gasteiger partial charge on any atom is 0.244 e. The van der Waals surface area contributed by atoms with Crippen molar-refractivity contribution in [3.05, 3.63) is 31.0 Å². The molecule has 1 N–H and O–H groups in total. The number of nitrogens with zero attached hydrogens (tertiary/aromatic N) is 2. The number of hydrogen-bond donors (Lipinski definition) is 1. The molecule has 1 atom stereocenters. The third-order valence-corrected chi connectivity index (χ3v) is 4.04. The van der Waals surface area contributed by atoms with Gasteiger partial charge in [0.25, 0.3) is 0 Å². The molecule has 1 aromatic heterocycles. The Morgan fingerprint density at radius 1 is 1.47 bits per heavy atom. The lowest BCUT2D eigenvalue weighted by atomic mass is 10.3. The molecule has 5 nitrogen and oxygen atoms in total. The van der Waals surface area contributed by atoms with Gasteiger partial charge < -0.3 is 5.32 Å². The number of nitrogens with one attached hydrogen (secondary N) is 1. The molecule has 0 aromatic carbocycles. The second-order valence-electron chi connectivity index (χ2n) is 3.84. The molecule has 0 fully saturated rings. The van der Waals surface area contributed by atoms with Gasteiger partial charge in [0.05, 0.1) is 0 Å². The molecule has 0 amide bonds. The number of pyridine rings is 1. The zero-order valence-corrected chi connectivity index (χ0v) is 11.0. The first kappa shape index (κ1) is 13.7. The van der Waals surface area contributed by atoms with E-state index >= 15 is 0 Å². The highest BCUT2D eigenvalue weighted by atomic mass is 32.2. The van der Waals surface area contributed by atoms with Crippen LogP contribution in [0.3, 0.4) is 0 Å². The molecule has 1 heterocycles. The number of rotatable bonds is 5. The van der Waals surface area contributed by atoms with Gasteiger partial charge in [-0.2, -0.15) is 0 Å². The maximum atomic E-state index is 11.8. The van der Waals surface area contributed by atoms with Gasteiger partial charge in [0, 0.05) is 26.3 Å². The first-order chi connectivity index (χ1) is 7.87. The lowest BCUT2D eigenvalue weighted by Crippen LogP contribution is -2.22. The van der Waals surface area contributed by atoms with E-state index in [-0.39, 0.29) is 10.9 Å². The summed E-state index contributed by atoms with van der Waals surface area (Å²) in [5.74, 6) is 0.620. The number of anilines is 1. The molecule has 0 radical (unpaired) electrons. The van der Waals surface area contributed by atoms with E-state index in [1.165, 1.54) is 26.4 Å². The minimum absolute atomic E-state index is 0.0822. The summed E-state index contributed by atoms with van der Waals surface area (Å²) in [6.07, 6.45) is 3.08. The summed E-state index contributed by atoms with van der Waals surface area (Å²) in [5.41, 5.74) is 0. The summed E-state index contributed by atoms with van der Waals surface area (Å²) in [6.45, 7) is 5.57. The van der Waals surface area contributed by atoms with Crippen molar-refractivity contribution in [3.8, 4) is 0 Å². The summed E-state index contributed by atoms with van der Waals surface area (Å²) >= 11 is 0. The molecule has 0 bridgehead atoms. The van der Waals surface area contributed by atoms with Gasteiger partial charge >= 0.3 is 0 Å². The van der Waals surface area contributed by atoms with E-state index in [1.54, 1.807) is 12.1 Å². The molecule has 17 heavy (non-hydrogen) atoms. The molecule has 1 aromatic rings. The van der Waals surface area contributed by atoms with E-state index in [2.05, 4.69) is 16.9 Å². The van der Waals surface area contributed by atoms with Crippen LogP contribution in [0.1, 0.15) is 6.92 Å².